The lowest BCUT2D eigenvalue weighted by molar-refractivity contribution is -0.131. The molecule has 3 heterocycles. The minimum Gasteiger partial charge on any atom is -0.423 e. The largest absolute Gasteiger partial charge is 0.423 e. The van der Waals surface area contributed by atoms with Crippen LogP contribution >= 0.6 is 11.8 Å². The van der Waals surface area contributed by atoms with Crippen molar-refractivity contribution in [2.45, 2.75) is 11.2 Å². The van der Waals surface area contributed by atoms with E-state index in [1.54, 1.807) is 48.5 Å². The first-order valence-corrected chi connectivity index (χ1v) is 10.5. The second-order valence-electron chi connectivity index (χ2n) is 7.39. The van der Waals surface area contributed by atoms with Gasteiger partial charge < -0.3 is 15.8 Å². The van der Waals surface area contributed by atoms with Crippen LogP contribution in [-0.4, -0.2) is 36.0 Å². The minimum atomic E-state index is -0.785. The summed E-state index contributed by atoms with van der Waals surface area (Å²) in [5.41, 5.74) is 7.83. The molecule has 0 aliphatic carbocycles. The second kappa shape index (κ2) is 6.98. The number of nitrogens with one attached hydrogen (secondary N) is 1. The number of imide groups is 1. The number of hydrogen-bond acceptors (Lipinski definition) is 7. The van der Waals surface area contributed by atoms with Crippen molar-refractivity contribution in [3.8, 4) is 5.75 Å². The zero-order valence-electron chi connectivity index (χ0n) is 16.3. The molecule has 3 aliphatic heterocycles. The Bertz CT molecular complexity index is 1190. The summed E-state index contributed by atoms with van der Waals surface area (Å²) in [5.74, 6) is -2.74. The number of nitrogens with two attached hydrogens (primary N) is 1. The zero-order chi connectivity index (χ0) is 21.9. The lowest BCUT2D eigenvalue weighted by atomic mass is 9.77. The molecule has 3 N–H and O–H groups in total. The molecule has 0 saturated carbocycles. The van der Waals surface area contributed by atoms with Gasteiger partial charge in [-0.05, 0) is 30.3 Å². The van der Waals surface area contributed by atoms with E-state index in [9.17, 15) is 19.2 Å². The molecule has 9 heteroatoms. The van der Waals surface area contributed by atoms with Gasteiger partial charge in [0.05, 0.1) is 22.2 Å². The quantitative estimate of drug-likeness (QED) is 0.417. The average Bonchev–Trinajstić information content (AvgIpc) is 3.02. The van der Waals surface area contributed by atoms with Gasteiger partial charge in [-0.15, -0.1) is 0 Å². The third-order valence-electron chi connectivity index (χ3n) is 5.78. The summed E-state index contributed by atoms with van der Waals surface area (Å²) in [6.45, 7) is 0. The summed E-state index contributed by atoms with van der Waals surface area (Å²) in [7, 11) is 1.52. The van der Waals surface area contributed by atoms with Crippen LogP contribution in [-0.2, 0) is 14.4 Å². The maximum atomic E-state index is 13.5. The molecular formula is C22H17N3O5S. The molecule has 31 heavy (non-hydrogen) atoms. The van der Waals surface area contributed by atoms with Crippen LogP contribution in [0.15, 0.2) is 59.1 Å². The minimum absolute atomic E-state index is 0.198. The third-order valence-corrected chi connectivity index (χ3v) is 7.00. The Labute approximate surface area is 181 Å². The van der Waals surface area contributed by atoms with Crippen LogP contribution in [0.5, 0.6) is 5.75 Å². The number of ether oxygens (including phenoxy) is 1. The third kappa shape index (κ3) is 2.77. The number of hydrogen-bond donors (Lipinski definition) is 2. The topological polar surface area (TPSA) is 119 Å². The van der Waals surface area contributed by atoms with E-state index < -0.39 is 34.9 Å². The Balaban J connectivity index is 1.58. The molecule has 0 radical (unpaired) electrons. The van der Waals surface area contributed by atoms with Crippen molar-refractivity contribution in [1.82, 2.24) is 5.32 Å². The van der Waals surface area contributed by atoms with Crippen molar-refractivity contribution in [2.75, 3.05) is 11.9 Å². The molecular weight excluding hydrogens is 418 g/mol. The van der Waals surface area contributed by atoms with Crippen molar-refractivity contribution in [3.63, 3.8) is 0 Å². The number of benzene rings is 2. The number of anilines is 1. The van der Waals surface area contributed by atoms with Crippen molar-refractivity contribution in [2.24, 2.45) is 11.7 Å². The van der Waals surface area contributed by atoms with Gasteiger partial charge in [-0.2, -0.15) is 0 Å². The molecule has 8 nitrogen and oxygen atoms in total. The number of carbonyl (C=O) groups excluding carboxylic acids is 4. The number of thioether (sulfide) groups is 1. The molecule has 0 bridgehead atoms. The van der Waals surface area contributed by atoms with Crippen molar-refractivity contribution in [3.05, 3.63) is 70.3 Å². The summed E-state index contributed by atoms with van der Waals surface area (Å²) in [6.07, 6.45) is 0. The standard InChI is InChI=1S/C22H17N3O5S/c1-24-19(26)10-6-8-11(9-7-10)25-20(27)15-14-12-4-2-3-5-13(12)30-22(29)16(14)18(23)31-17(15)21(25)28/h2-9,14-15,17H,23H2,1H3,(H,24,26)/t14-,15-,17-/m1/s1. The van der Waals surface area contributed by atoms with E-state index >= 15 is 0 Å². The maximum absolute atomic E-state index is 13.5. The number of para-hydroxylation sites is 1. The fourth-order valence-corrected chi connectivity index (χ4v) is 5.60. The normalized spacial score (nSPS) is 24.4. The molecule has 1 saturated heterocycles. The van der Waals surface area contributed by atoms with Gasteiger partial charge in [0, 0.05) is 24.1 Å². The zero-order valence-corrected chi connectivity index (χ0v) is 17.1. The van der Waals surface area contributed by atoms with Crippen LogP contribution in [0.4, 0.5) is 5.69 Å². The Kier molecular flexibility index (Phi) is 4.37. The van der Waals surface area contributed by atoms with Gasteiger partial charge in [-0.25, -0.2) is 9.69 Å². The molecule has 2 aromatic rings. The van der Waals surface area contributed by atoms with Gasteiger partial charge in [-0.3, -0.25) is 14.4 Å². The van der Waals surface area contributed by atoms with Crippen LogP contribution in [0.3, 0.4) is 0 Å². The monoisotopic (exact) mass is 435 g/mol. The first kappa shape index (κ1) is 19.4. The smallest absolute Gasteiger partial charge is 0.342 e. The first-order valence-electron chi connectivity index (χ1n) is 9.59. The second-order valence-corrected chi connectivity index (χ2v) is 8.57. The molecule has 0 unspecified atom stereocenters. The molecule has 156 valence electrons. The van der Waals surface area contributed by atoms with E-state index in [0.29, 0.717) is 22.6 Å². The number of amides is 3. The Morgan fingerprint density at radius 2 is 1.77 bits per heavy atom. The summed E-state index contributed by atoms with van der Waals surface area (Å²) in [4.78, 5) is 52.3. The lowest BCUT2D eigenvalue weighted by Gasteiger charge is -2.36. The summed E-state index contributed by atoms with van der Waals surface area (Å²) in [6, 6.07) is 13.2. The summed E-state index contributed by atoms with van der Waals surface area (Å²) < 4.78 is 5.40. The van der Waals surface area contributed by atoms with Crippen molar-refractivity contribution < 1.29 is 23.9 Å². The molecule has 2 aromatic carbocycles. The van der Waals surface area contributed by atoms with E-state index in [2.05, 4.69) is 5.32 Å². The average molecular weight is 435 g/mol. The lowest BCUT2D eigenvalue weighted by Crippen LogP contribution is -2.39. The van der Waals surface area contributed by atoms with Crippen molar-refractivity contribution in [1.29, 1.82) is 0 Å². The number of esters is 1. The van der Waals surface area contributed by atoms with Gasteiger partial charge >= 0.3 is 5.97 Å². The fourth-order valence-electron chi connectivity index (χ4n) is 4.36. The molecule has 3 aliphatic rings. The van der Waals surface area contributed by atoms with E-state index in [1.165, 1.54) is 7.05 Å². The summed E-state index contributed by atoms with van der Waals surface area (Å²) >= 11 is 1.02. The highest BCUT2D eigenvalue weighted by molar-refractivity contribution is 8.04. The predicted molar refractivity (Wildman–Crippen MR) is 113 cm³/mol. The van der Waals surface area contributed by atoms with Gasteiger partial charge in [0.2, 0.25) is 11.8 Å². The Morgan fingerprint density at radius 1 is 1.06 bits per heavy atom. The number of carbonyl (C=O) groups is 4. The SMILES string of the molecule is CNC(=O)c1ccc(N2C(=O)[C@@H]3[C@@H]4C(=C(N)S[C@H]3C2=O)C(=O)Oc2ccccc24)cc1. The van der Waals surface area contributed by atoms with E-state index in [4.69, 9.17) is 10.5 Å². The molecule has 3 atom stereocenters. The van der Waals surface area contributed by atoms with E-state index in [-0.39, 0.29) is 16.5 Å². The van der Waals surface area contributed by atoms with Crippen LogP contribution in [0.2, 0.25) is 0 Å². The molecule has 3 amide bonds. The van der Waals surface area contributed by atoms with Crippen molar-refractivity contribution >= 4 is 41.1 Å². The van der Waals surface area contributed by atoms with Gasteiger partial charge in [0.25, 0.3) is 5.91 Å². The molecule has 0 spiro atoms. The maximum Gasteiger partial charge on any atom is 0.342 e. The van der Waals surface area contributed by atoms with Gasteiger partial charge in [-0.1, -0.05) is 30.0 Å². The van der Waals surface area contributed by atoms with Gasteiger partial charge in [0.1, 0.15) is 11.0 Å². The molecule has 5 rings (SSSR count). The number of fused-ring (bicyclic) bond motifs is 5. The highest BCUT2D eigenvalue weighted by Crippen LogP contribution is 2.54. The first-order chi connectivity index (χ1) is 14.9. The predicted octanol–water partition coefficient (Wildman–Crippen LogP) is 1.52. The van der Waals surface area contributed by atoms with E-state index in [0.717, 1.165) is 16.7 Å². The highest BCUT2D eigenvalue weighted by atomic mass is 32.2. The van der Waals surface area contributed by atoms with Gasteiger partial charge in [0.15, 0.2) is 0 Å². The number of nitrogens with zero attached hydrogens (tertiary/aromatic N) is 1. The van der Waals surface area contributed by atoms with Crippen LogP contribution in [0.25, 0.3) is 0 Å². The molecule has 1 fully saturated rings. The van der Waals surface area contributed by atoms with Crippen LogP contribution in [0.1, 0.15) is 21.8 Å². The number of rotatable bonds is 2. The van der Waals surface area contributed by atoms with Crippen LogP contribution < -0.4 is 20.7 Å². The fraction of sp³-hybridized carbons (Fsp3) is 0.182. The summed E-state index contributed by atoms with van der Waals surface area (Å²) in [5, 5.41) is 1.97. The molecule has 0 aromatic heterocycles. The highest BCUT2D eigenvalue weighted by Gasteiger charge is 2.58. The van der Waals surface area contributed by atoms with Crippen LogP contribution in [0, 0.1) is 5.92 Å². The Hall–Kier alpha value is -3.59. The Morgan fingerprint density at radius 3 is 2.48 bits per heavy atom. The van der Waals surface area contributed by atoms with E-state index in [1.807, 2.05) is 0 Å².